The van der Waals surface area contributed by atoms with Crippen molar-refractivity contribution in [3.8, 4) is 0 Å². The van der Waals surface area contributed by atoms with Crippen LogP contribution in [0.3, 0.4) is 0 Å². The number of fused-ring (bicyclic) bond motifs is 3. The predicted molar refractivity (Wildman–Crippen MR) is 92.8 cm³/mol. The molecule has 0 saturated carbocycles. The van der Waals surface area contributed by atoms with E-state index in [1.165, 1.54) is 16.9 Å². The lowest BCUT2D eigenvalue weighted by molar-refractivity contribution is 0.400. The van der Waals surface area contributed by atoms with Gasteiger partial charge in [0, 0.05) is 21.8 Å². The van der Waals surface area contributed by atoms with Gasteiger partial charge in [-0.3, -0.25) is 0 Å². The quantitative estimate of drug-likeness (QED) is 0.746. The molecule has 114 valence electrons. The van der Waals surface area contributed by atoms with Crippen LogP contribution in [0.15, 0.2) is 41.3 Å². The number of benzene rings is 1. The van der Waals surface area contributed by atoms with Crippen LogP contribution in [-0.4, -0.2) is 11.5 Å². The highest BCUT2D eigenvalue weighted by Gasteiger charge is 2.40. The molecule has 0 amide bonds. The third-order valence-electron chi connectivity index (χ3n) is 4.56. The van der Waals surface area contributed by atoms with Crippen molar-refractivity contribution in [1.82, 2.24) is 10.3 Å². The monoisotopic (exact) mass is 350 g/mol. The second-order valence-electron chi connectivity index (χ2n) is 5.87. The Hall–Kier alpha value is -0.740. The number of pyridine rings is 1. The summed E-state index contributed by atoms with van der Waals surface area (Å²) < 4.78 is 0. The van der Waals surface area contributed by atoms with Crippen molar-refractivity contribution in [3.05, 3.63) is 57.8 Å². The van der Waals surface area contributed by atoms with Gasteiger partial charge in [0.1, 0.15) is 10.3 Å². The first kappa shape index (κ1) is 14.8. The molecule has 4 rings (SSSR count). The first-order valence-electron chi connectivity index (χ1n) is 7.53. The summed E-state index contributed by atoms with van der Waals surface area (Å²) in [6.45, 7) is 1.05. The van der Waals surface area contributed by atoms with E-state index in [2.05, 4.69) is 34.6 Å². The number of aromatic nitrogens is 1. The Balaban J connectivity index is 1.76. The molecule has 2 aliphatic rings. The van der Waals surface area contributed by atoms with E-state index in [0.29, 0.717) is 27.5 Å². The van der Waals surface area contributed by atoms with Gasteiger partial charge >= 0.3 is 0 Å². The largest absolute Gasteiger partial charge is 0.310 e. The zero-order valence-corrected chi connectivity index (χ0v) is 14.3. The van der Waals surface area contributed by atoms with E-state index < -0.39 is 0 Å². The van der Waals surface area contributed by atoms with Crippen molar-refractivity contribution in [3.63, 3.8) is 0 Å². The molecule has 2 heterocycles. The molecule has 2 aromatic rings. The van der Waals surface area contributed by atoms with E-state index in [4.69, 9.17) is 23.2 Å². The molecule has 1 aliphatic carbocycles. The minimum Gasteiger partial charge on any atom is -0.310 e. The minimum atomic E-state index is 0.333. The van der Waals surface area contributed by atoms with E-state index in [1.54, 1.807) is 0 Å². The fraction of sp³-hybridized carbons (Fsp3) is 0.353. The average molecular weight is 351 g/mol. The third kappa shape index (κ3) is 2.65. The maximum absolute atomic E-state index is 6.44. The molecule has 5 heteroatoms. The van der Waals surface area contributed by atoms with Gasteiger partial charge in [-0.15, -0.1) is 11.8 Å². The highest BCUT2D eigenvalue weighted by molar-refractivity contribution is 7.99. The van der Waals surface area contributed by atoms with Gasteiger partial charge in [0.2, 0.25) is 0 Å². The van der Waals surface area contributed by atoms with Crippen molar-refractivity contribution >= 4 is 35.0 Å². The SMILES string of the molecule is Clc1cc2c(c(Cl)n1)[C@@H]1NCC[C@@H]1C[C@H]2Sc1ccccc1. The molecule has 0 spiro atoms. The number of hydrogen-bond donors (Lipinski definition) is 1. The third-order valence-corrected chi connectivity index (χ3v) is 6.32. The van der Waals surface area contributed by atoms with Crippen molar-refractivity contribution in [1.29, 1.82) is 0 Å². The van der Waals surface area contributed by atoms with Crippen molar-refractivity contribution in [2.45, 2.75) is 29.0 Å². The Bertz CT molecular complexity index is 693. The van der Waals surface area contributed by atoms with E-state index in [9.17, 15) is 0 Å². The second-order valence-corrected chi connectivity index (χ2v) is 7.90. The summed E-state index contributed by atoms with van der Waals surface area (Å²) in [6.07, 6.45) is 2.36. The van der Waals surface area contributed by atoms with E-state index in [1.807, 2.05) is 23.9 Å². The molecule has 0 radical (unpaired) electrons. The van der Waals surface area contributed by atoms with Crippen LogP contribution in [0, 0.1) is 5.92 Å². The van der Waals surface area contributed by atoms with Crippen molar-refractivity contribution < 1.29 is 0 Å². The normalized spacial score (nSPS) is 26.5. The highest BCUT2D eigenvalue weighted by atomic mass is 35.5. The van der Waals surface area contributed by atoms with Gasteiger partial charge in [0.15, 0.2) is 0 Å². The molecule has 2 nitrogen and oxygen atoms in total. The van der Waals surface area contributed by atoms with E-state index in [0.717, 1.165) is 18.5 Å². The fourth-order valence-corrected chi connectivity index (χ4v) is 5.48. The number of rotatable bonds is 2. The van der Waals surface area contributed by atoms with Gasteiger partial charge < -0.3 is 5.32 Å². The number of nitrogens with one attached hydrogen (secondary N) is 1. The summed E-state index contributed by atoms with van der Waals surface area (Å²) in [7, 11) is 0. The van der Waals surface area contributed by atoms with Gasteiger partial charge in [-0.1, -0.05) is 41.4 Å². The van der Waals surface area contributed by atoms with Crippen LogP contribution in [0.1, 0.15) is 35.3 Å². The van der Waals surface area contributed by atoms with Crippen LogP contribution in [-0.2, 0) is 0 Å². The van der Waals surface area contributed by atoms with Crippen molar-refractivity contribution in [2.24, 2.45) is 5.92 Å². The van der Waals surface area contributed by atoms with Crippen LogP contribution in [0.25, 0.3) is 0 Å². The Morgan fingerprint density at radius 3 is 2.82 bits per heavy atom. The number of thioether (sulfide) groups is 1. The van der Waals surface area contributed by atoms with Gasteiger partial charge in [0.05, 0.1) is 0 Å². The Morgan fingerprint density at radius 2 is 2.00 bits per heavy atom. The Kier molecular flexibility index (Phi) is 4.07. The summed E-state index contributed by atoms with van der Waals surface area (Å²) in [4.78, 5) is 5.55. The maximum atomic E-state index is 6.44. The molecule has 1 saturated heterocycles. The molecule has 1 N–H and O–H groups in total. The lowest BCUT2D eigenvalue weighted by Crippen LogP contribution is -2.26. The molecule has 0 unspecified atom stereocenters. The summed E-state index contributed by atoms with van der Waals surface area (Å²) in [5, 5.41) is 5.01. The van der Waals surface area contributed by atoms with Crippen LogP contribution in [0.2, 0.25) is 10.3 Å². The lowest BCUT2D eigenvalue weighted by atomic mass is 9.81. The number of nitrogens with zero attached hydrogens (tertiary/aromatic N) is 1. The first-order chi connectivity index (χ1) is 10.7. The molecule has 1 aliphatic heterocycles. The highest BCUT2D eigenvalue weighted by Crippen LogP contribution is 2.52. The first-order valence-corrected chi connectivity index (χ1v) is 9.17. The van der Waals surface area contributed by atoms with Gasteiger partial charge in [0.25, 0.3) is 0 Å². The maximum Gasteiger partial charge on any atom is 0.135 e. The van der Waals surface area contributed by atoms with Crippen LogP contribution < -0.4 is 5.32 Å². The standard InChI is InChI=1S/C17H16Cl2N2S/c18-14-9-12-13(22-11-4-2-1-3-5-11)8-10-6-7-20-16(10)15(12)17(19)21-14/h1-5,9-10,13,16,20H,6-8H2/t10-,13-,16-/m1/s1. The fourth-order valence-electron chi connectivity index (χ4n) is 3.61. The molecule has 1 fully saturated rings. The molecule has 22 heavy (non-hydrogen) atoms. The zero-order valence-electron chi connectivity index (χ0n) is 11.9. The van der Waals surface area contributed by atoms with E-state index >= 15 is 0 Å². The van der Waals surface area contributed by atoms with E-state index in [-0.39, 0.29) is 0 Å². The topological polar surface area (TPSA) is 24.9 Å². The second kappa shape index (κ2) is 6.04. The lowest BCUT2D eigenvalue weighted by Gasteiger charge is -2.34. The smallest absolute Gasteiger partial charge is 0.135 e. The summed E-state index contributed by atoms with van der Waals surface area (Å²) in [5.74, 6) is 0.634. The van der Waals surface area contributed by atoms with Crippen molar-refractivity contribution in [2.75, 3.05) is 6.54 Å². The Labute approximate surface area is 144 Å². The molecular weight excluding hydrogens is 335 g/mol. The molecule has 1 aromatic carbocycles. The Morgan fingerprint density at radius 1 is 1.18 bits per heavy atom. The van der Waals surface area contributed by atoms with Gasteiger partial charge in [-0.05, 0) is 49.1 Å². The van der Waals surface area contributed by atoms with Crippen LogP contribution in [0.5, 0.6) is 0 Å². The van der Waals surface area contributed by atoms with Crippen LogP contribution in [0.4, 0.5) is 0 Å². The minimum absolute atomic E-state index is 0.333. The predicted octanol–water partition coefficient (Wildman–Crippen LogP) is 5.28. The van der Waals surface area contributed by atoms with Crippen LogP contribution >= 0.6 is 35.0 Å². The zero-order chi connectivity index (χ0) is 15.1. The molecule has 3 atom stereocenters. The number of hydrogen-bond acceptors (Lipinski definition) is 3. The molecular formula is C17H16Cl2N2S. The average Bonchev–Trinajstić information content (AvgIpc) is 2.96. The summed E-state index contributed by atoms with van der Waals surface area (Å²) in [6, 6.07) is 12.9. The molecule has 0 bridgehead atoms. The molecule has 1 aromatic heterocycles. The van der Waals surface area contributed by atoms with Gasteiger partial charge in [-0.2, -0.15) is 0 Å². The number of halogens is 2. The van der Waals surface area contributed by atoms with Gasteiger partial charge in [-0.25, -0.2) is 4.98 Å². The summed E-state index contributed by atoms with van der Waals surface area (Å²) >= 11 is 14.5. The summed E-state index contributed by atoms with van der Waals surface area (Å²) in [5.41, 5.74) is 2.41.